The molecule has 0 radical (unpaired) electrons. The molecule has 1 saturated heterocycles. The lowest BCUT2D eigenvalue weighted by Crippen LogP contribution is -2.52. The molecule has 3 aliphatic rings. The van der Waals surface area contributed by atoms with Crippen LogP contribution in [0.5, 0.6) is 0 Å². The Morgan fingerprint density at radius 3 is 2.67 bits per heavy atom. The standard InChI is InChI=1S/C20H20N4O3/c1-23-18(11-2-3-11)15(9-21-23)12-4-5-14-13(8-12)10-24(20(14)27)16-6-7-17(25)22-19(16)26/h4-5,8-9,11,16H,2-3,6-7,10H2,1H3,(H,22,25,26). The molecular formula is C20H20N4O3. The highest BCUT2D eigenvalue weighted by Gasteiger charge is 2.39. The average Bonchev–Trinajstić information content (AvgIpc) is 3.33. The van der Waals surface area contributed by atoms with Gasteiger partial charge in [-0.1, -0.05) is 6.07 Å². The first-order chi connectivity index (χ1) is 13.0. The number of carbonyl (C=O) groups excluding carboxylic acids is 3. The van der Waals surface area contributed by atoms with Gasteiger partial charge in [-0.3, -0.25) is 24.4 Å². The van der Waals surface area contributed by atoms with E-state index in [1.165, 1.54) is 18.5 Å². The molecule has 1 atom stereocenters. The van der Waals surface area contributed by atoms with Crippen molar-refractivity contribution in [2.45, 2.75) is 44.2 Å². The van der Waals surface area contributed by atoms with E-state index in [0.717, 1.165) is 16.7 Å². The number of nitrogens with one attached hydrogen (secondary N) is 1. The number of nitrogens with zero attached hydrogens (tertiary/aromatic N) is 3. The Labute approximate surface area is 156 Å². The summed E-state index contributed by atoms with van der Waals surface area (Å²) in [5.41, 5.74) is 4.99. The first kappa shape index (κ1) is 16.2. The van der Waals surface area contributed by atoms with Crippen LogP contribution in [0.1, 0.15) is 53.2 Å². The predicted octanol–water partition coefficient (Wildman–Crippen LogP) is 1.73. The van der Waals surface area contributed by atoms with Gasteiger partial charge in [-0.05, 0) is 42.5 Å². The summed E-state index contributed by atoms with van der Waals surface area (Å²) >= 11 is 0. The number of benzene rings is 1. The zero-order chi connectivity index (χ0) is 18.7. The van der Waals surface area contributed by atoms with Gasteiger partial charge in [0.05, 0.1) is 6.20 Å². The highest BCUT2D eigenvalue weighted by atomic mass is 16.2. The number of rotatable bonds is 3. The van der Waals surface area contributed by atoms with Crippen LogP contribution in [0, 0.1) is 0 Å². The van der Waals surface area contributed by atoms with Crippen LogP contribution in [0.3, 0.4) is 0 Å². The average molecular weight is 364 g/mol. The van der Waals surface area contributed by atoms with Crippen molar-refractivity contribution in [1.29, 1.82) is 0 Å². The van der Waals surface area contributed by atoms with Crippen LogP contribution in [-0.2, 0) is 23.2 Å². The number of fused-ring (bicyclic) bond motifs is 1. The van der Waals surface area contributed by atoms with E-state index in [1.807, 2.05) is 36.1 Å². The first-order valence-electron chi connectivity index (χ1n) is 9.33. The Kier molecular flexibility index (Phi) is 3.47. The first-order valence-corrected chi connectivity index (χ1v) is 9.33. The minimum Gasteiger partial charge on any atom is -0.322 e. The van der Waals surface area contributed by atoms with Crippen molar-refractivity contribution < 1.29 is 14.4 Å². The summed E-state index contributed by atoms with van der Waals surface area (Å²) in [6, 6.07) is 5.28. The molecule has 2 aromatic rings. The number of hydrogen-bond donors (Lipinski definition) is 1. The van der Waals surface area contributed by atoms with Crippen LogP contribution in [0.25, 0.3) is 11.1 Å². The summed E-state index contributed by atoms with van der Waals surface area (Å²) < 4.78 is 1.95. The van der Waals surface area contributed by atoms with Crippen molar-refractivity contribution in [2.24, 2.45) is 7.05 Å². The van der Waals surface area contributed by atoms with Crippen molar-refractivity contribution >= 4 is 17.7 Å². The third-order valence-electron chi connectivity index (χ3n) is 5.78. The van der Waals surface area contributed by atoms with E-state index in [4.69, 9.17) is 0 Å². The van der Waals surface area contributed by atoms with E-state index < -0.39 is 6.04 Å². The Morgan fingerprint density at radius 1 is 1.11 bits per heavy atom. The quantitative estimate of drug-likeness (QED) is 0.841. The molecule has 5 rings (SSSR count). The smallest absolute Gasteiger partial charge is 0.255 e. The Bertz CT molecular complexity index is 989. The molecule has 2 fully saturated rings. The van der Waals surface area contributed by atoms with Crippen molar-refractivity contribution in [1.82, 2.24) is 20.0 Å². The van der Waals surface area contributed by atoms with Crippen molar-refractivity contribution in [2.75, 3.05) is 0 Å². The number of aromatic nitrogens is 2. The van der Waals surface area contributed by atoms with Gasteiger partial charge in [0.1, 0.15) is 6.04 Å². The molecule has 1 unspecified atom stereocenters. The highest BCUT2D eigenvalue weighted by Crippen LogP contribution is 2.44. The SMILES string of the molecule is Cn1ncc(-c2ccc3c(c2)CN(C2CCC(=O)NC2=O)C3=O)c1C1CC1. The highest BCUT2D eigenvalue weighted by molar-refractivity contribution is 6.05. The molecule has 7 nitrogen and oxygen atoms in total. The molecule has 1 saturated carbocycles. The number of piperidine rings is 1. The molecular weight excluding hydrogens is 344 g/mol. The fourth-order valence-corrected chi connectivity index (χ4v) is 4.25. The molecule has 1 aromatic carbocycles. The molecule has 3 heterocycles. The van der Waals surface area contributed by atoms with Crippen molar-refractivity contribution in [3.05, 3.63) is 41.2 Å². The van der Waals surface area contributed by atoms with Crippen LogP contribution in [0.2, 0.25) is 0 Å². The van der Waals surface area contributed by atoms with Gasteiger partial charge in [0.15, 0.2) is 0 Å². The van der Waals surface area contributed by atoms with E-state index >= 15 is 0 Å². The summed E-state index contributed by atoms with van der Waals surface area (Å²) in [5, 5.41) is 6.76. The topological polar surface area (TPSA) is 84.3 Å². The van der Waals surface area contributed by atoms with Gasteiger partial charge in [-0.2, -0.15) is 5.10 Å². The van der Waals surface area contributed by atoms with Crippen LogP contribution in [0.4, 0.5) is 0 Å². The van der Waals surface area contributed by atoms with E-state index in [9.17, 15) is 14.4 Å². The molecule has 1 aromatic heterocycles. The van der Waals surface area contributed by atoms with Crippen molar-refractivity contribution in [3.8, 4) is 11.1 Å². The van der Waals surface area contributed by atoms with E-state index in [1.54, 1.807) is 4.90 Å². The molecule has 0 bridgehead atoms. The second-order valence-electron chi connectivity index (χ2n) is 7.61. The lowest BCUT2D eigenvalue weighted by molar-refractivity contribution is -0.136. The monoisotopic (exact) mass is 364 g/mol. The Hall–Kier alpha value is -2.96. The molecule has 0 spiro atoms. The summed E-state index contributed by atoms with van der Waals surface area (Å²) in [4.78, 5) is 37.9. The van der Waals surface area contributed by atoms with Crippen LogP contribution in [-0.4, -0.2) is 38.4 Å². The minimum atomic E-state index is -0.577. The van der Waals surface area contributed by atoms with E-state index in [-0.39, 0.29) is 24.1 Å². The minimum absolute atomic E-state index is 0.139. The van der Waals surface area contributed by atoms with Gasteiger partial charge in [-0.25, -0.2) is 0 Å². The number of aryl methyl sites for hydroxylation is 1. The third-order valence-corrected chi connectivity index (χ3v) is 5.78. The van der Waals surface area contributed by atoms with Gasteiger partial charge in [-0.15, -0.1) is 0 Å². The maximum atomic E-state index is 12.8. The molecule has 3 amide bonds. The number of imide groups is 1. The van der Waals surface area contributed by atoms with E-state index in [2.05, 4.69) is 10.4 Å². The molecule has 7 heteroatoms. The van der Waals surface area contributed by atoms with Gasteiger partial charge in [0, 0.05) is 42.8 Å². The van der Waals surface area contributed by atoms with Gasteiger partial charge < -0.3 is 4.90 Å². The fourth-order valence-electron chi connectivity index (χ4n) is 4.25. The second-order valence-corrected chi connectivity index (χ2v) is 7.61. The molecule has 27 heavy (non-hydrogen) atoms. The Morgan fingerprint density at radius 2 is 1.93 bits per heavy atom. The zero-order valence-electron chi connectivity index (χ0n) is 15.1. The molecule has 2 aliphatic heterocycles. The summed E-state index contributed by atoms with van der Waals surface area (Å²) in [6.45, 7) is 0.396. The normalized spacial score (nSPS) is 22.2. The summed E-state index contributed by atoms with van der Waals surface area (Å²) in [6.07, 6.45) is 4.93. The maximum absolute atomic E-state index is 12.8. The van der Waals surface area contributed by atoms with Crippen molar-refractivity contribution in [3.63, 3.8) is 0 Å². The van der Waals surface area contributed by atoms with Crippen LogP contribution in [0.15, 0.2) is 24.4 Å². The predicted molar refractivity (Wildman–Crippen MR) is 96.7 cm³/mol. The fraction of sp³-hybridized carbons (Fsp3) is 0.400. The molecule has 1 N–H and O–H groups in total. The third kappa shape index (κ3) is 2.57. The number of carbonyl (C=O) groups is 3. The van der Waals surface area contributed by atoms with Gasteiger partial charge >= 0.3 is 0 Å². The van der Waals surface area contributed by atoms with Gasteiger partial charge in [0.25, 0.3) is 5.91 Å². The molecule has 138 valence electrons. The Balaban J connectivity index is 1.46. The zero-order valence-corrected chi connectivity index (χ0v) is 15.1. The number of hydrogen-bond acceptors (Lipinski definition) is 4. The van der Waals surface area contributed by atoms with Crippen LogP contribution >= 0.6 is 0 Å². The largest absolute Gasteiger partial charge is 0.322 e. The second kappa shape index (κ2) is 5.77. The maximum Gasteiger partial charge on any atom is 0.255 e. The lowest BCUT2D eigenvalue weighted by atomic mass is 9.99. The van der Waals surface area contributed by atoms with E-state index in [0.29, 0.717) is 24.4 Å². The summed E-state index contributed by atoms with van der Waals surface area (Å²) in [7, 11) is 1.97. The molecule has 1 aliphatic carbocycles. The summed E-state index contributed by atoms with van der Waals surface area (Å²) in [5.74, 6) is -0.218. The van der Waals surface area contributed by atoms with Gasteiger partial charge in [0.2, 0.25) is 11.8 Å². The van der Waals surface area contributed by atoms with Crippen LogP contribution < -0.4 is 5.32 Å². The lowest BCUT2D eigenvalue weighted by Gasteiger charge is -2.29. The number of amides is 3.